The summed E-state index contributed by atoms with van der Waals surface area (Å²) in [6, 6.07) is 8.43. The minimum Gasteiger partial charge on any atom is -0.353 e. The summed E-state index contributed by atoms with van der Waals surface area (Å²) in [6.07, 6.45) is 9.93. The molecule has 0 aliphatic heterocycles. The quantitative estimate of drug-likeness (QED) is 0.501. The van der Waals surface area contributed by atoms with Gasteiger partial charge >= 0.3 is 0 Å². The molecule has 4 saturated carbocycles. The van der Waals surface area contributed by atoms with E-state index in [1.807, 2.05) is 24.3 Å². The Morgan fingerprint density at radius 3 is 2.57 bits per heavy atom. The lowest BCUT2D eigenvalue weighted by Crippen LogP contribution is -2.55. The van der Waals surface area contributed by atoms with Crippen LogP contribution in [0.3, 0.4) is 0 Å². The number of rotatable bonds is 7. The number of carbonyl (C=O) groups is 1. The molecule has 6 rings (SSSR count). The van der Waals surface area contributed by atoms with Crippen LogP contribution < -0.4 is 5.32 Å². The number of thioether (sulfide) groups is 1. The maximum Gasteiger partial charge on any atom is 0.220 e. The van der Waals surface area contributed by atoms with Gasteiger partial charge in [-0.05, 0) is 87.2 Å². The number of fused-ring (bicyclic) bond motifs is 1. The van der Waals surface area contributed by atoms with Gasteiger partial charge in [0.2, 0.25) is 5.91 Å². The number of carbonyl (C=O) groups excluding carboxylic acids is 1. The Balaban J connectivity index is 1.09. The van der Waals surface area contributed by atoms with Gasteiger partial charge in [-0.15, -0.1) is 0 Å². The first-order valence-electron chi connectivity index (χ1n) is 11.0. The molecule has 0 spiro atoms. The summed E-state index contributed by atoms with van der Waals surface area (Å²) in [5, 5.41) is 4.33. The van der Waals surface area contributed by atoms with E-state index >= 15 is 0 Å². The molecule has 4 bridgehead atoms. The monoisotopic (exact) mass is 397 g/mol. The molecule has 1 atom stereocenters. The van der Waals surface area contributed by atoms with Crippen LogP contribution >= 0.6 is 11.8 Å². The summed E-state index contributed by atoms with van der Waals surface area (Å²) in [7, 11) is 0. The van der Waals surface area contributed by atoms with Gasteiger partial charge in [-0.1, -0.05) is 23.9 Å². The Bertz CT molecular complexity index is 792. The van der Waals surface area contributed by atoms with Crippen molar-refractivity contribution in [2.45, 2.75) is 69.5 Å². The molecule has 1 heterocycles. The van der Waals surface area contributed by atoms with Crippen molar-refractivity contribution in [3.8, 4) is 0 Å². The highest BCUT2D eigenvalue weighted by Gasteiger charge is 2.53. The van der Waals surface area contributed by atoms with Gasteiger partial charge in [0.15, 0.2) is 5.16 Å². The molecule has 2 N–H and O–H groups in total. The standard InChI is InChI=1S/C23H31N3OS/c1-15(23-12-16-9-17(13-23)11-18(10-16)14-23)24-21(27)7-4-8-28-22-25-19-5-2-3-6-20(19)26-22/h2-3,5-6,15-18H,4,7-14H2,1H3,(H,24,27)(H,25,26). The highest BCUT2D eigenvalue weighted by molar-refractivity contribution is 7.99. The van der Waals surface area contributed by atoms with Gasteiger partial charge in [-0.2, -0.15) is 0 Å². The van der Waals surface area contributed by atoms with Gasteiger partial charge in [-0.3, -0.25) is 4.79 Å². The van der Waals surface area contributed by atoms with Crippen LogP contribution in [0.25, 0.3) is 11.0 Å². The van der Waals surface area contributed by atoms with Gasteiger partial charge in [0.25, 0.3) is 0 Å². The summed E-state index contributed by atoms with van der Waals surface area (Å²) in [4.78, 5) is 20.5. The van der Waals surface area contributed by atoms with Crippen LogP contribution in [0.15, 0.2) is 29.4 Å². The number of para-hydroxylation sites is 2. The summed E-state index contributed by atoms with van der Waals surface area (Å²) in [5.74, 6) is 3.95. The van der Waals surface area contributed by atoms with Crippen LogP contribution in [-0.4, -0.2) is 27.7 Å². The van der Waals surface area contributed by atoms with Crippen LogP contribution in [0.2, 0.25) is 0 Å². The lowest BCUT2D eigenvalue weighted by atomic mass is 9.48. The number of amides is 1. The van der Waals surface area contributed by atoms with E-state index in [0.29, 0.717) is 17.9 Å². The Morgan fingerprint density at radius 1 is 1.21 bits per heavy atom. The van der Waals surface area contributed by atoms with E-state index < -0.39 is 0 Å². The number of benzene rings is 1. The predicted molar refractivity (Wildman–Crippen MR) is 114 cm³/mol. The minimum absolute atomic E-state index is 0.230. The summed E-state index contributed by atoms with van der Waals surface area (Å²) < 4.78 is 0. The molecule has 4 fully saturated rings. The topological polar surface area (TPSA) is 57.8 Å². The number of nitrogens with one attached hydrogen (secondary N) is 2. The largest absolute Gasteiger partial charge is 0.353 e. The van der Waals surface area contributed by atoms with Crippen LogP contribution in [0.5, 0.6) is 0 Å². The van der Waals surface area contributed by atoms with E-state index in [9.17, 15) is 4.79 Å². The second kappa shape index (κ2) is 7.40. The zero-order valence-electron chi connectivity index (χ0n) is 16.7. The minimum atomic E-state index is 0.230. The highest BCUT2D eigenvalue weighted by atomic mass is 32.2. The normalized spacial score (nSPS) is 32.0. The molecule has 0 radical (unpaired) electrons. The van der Waals surface area contributed by atoms with Gasteiger partial charge in [-0.25, -0.2) is 4.98 Å². The molecule has 28 heavy (non-hydrogen) atoms. The third kappa shape index (κ3) is 3.58. The van der Waals surface area contributed by atoms with Crippen LogP contribution in [0.4, 0.5) is 0 Å². The molecule has 150 valence electrons. The van der Waals surface area contributed by atoms with Crippen molar-refractivity contribution in [2.24, 2.45) is 23.2 Å². The fourth-order valence-electron chi connectivity index (χ4n) is 6.57. The molecule has 1 amide bonds. The molecule has 4 aliphatic carbocycles. The number of nitrogens with zero attached hydrogens (tertiary/aromatic N) is 1. The lowest BCUT2D eigenvalue weighted by Gasteiger charge is -2.59. The van der Waals surface area contributed by atoms with Gasteiger partial charge in [0.1, 0.15) is 0 Å². The number of aromatic amines is 1. The number of hydrogen-bond donors (Lipinski definition) is 2. The second-order valence-electron chi connectivity index (χ2n) is 9.58. The first kappa shape index (κ1) is 18.5. The number of imidazole rings is 1. The van der Waals surface area contributed by atoms with Crippen LogP contribution in [0.1, 0.15) is 58.3 Å². The second-order valence-corrected chi connectivity index (χ2v) is 10.7. The third-order valence-electron chi connectivity index (χ3n) is 7.54. The molecule has 4 nitrogen and oxygen atoms in total. The first-order chi connectivity index (χ1) is 13.6. The molecule has 1 aromatic carbocycles. The van der Waals surface area contributed by atoms with Crippen LogP contribution in [-0.2, 0) is 4.79 Å². The van der Waals surface area contributed by atoms with Crippen molar-refractivity contribution in [1.29, 1.82) is 0 Å². The third-order valence-corrected chi connectivity index (χ3v) is 8.50. The van der Waals surface area contributed by atoms with E-state index in [2.05, 4.69) is 22.2 Å². The van der Waals surface area contributed by atoms with Crippen molar-refractivity contribution in [3.63, 3.8) is 0 Å². The number of H-pyrrole nitrogens is 1. The molecule has 1 aromatic heterocycles. The zero-order valence-corrected chi connectivity index (χ0v) is 17.6. The molecular weight excluding hydrogens is 366 g/mol. The first-order valence-corrected chi connectivity index (χ1v) is 12.0. The van der Waals surface area contributed by atoms with E-state index in [1.54, 1.807) is 11.8 Å². The van der Waals surface area contributed by atoms with E-state index in [-0.39, 0.29) is 5.91 Å². The maximum atomic E-state index is 12.6. The summed E-state index contributed by atoms with van der Waals surface area (Å²) >= 11 is 1.71. The van der Waals surface area contributed by atoms with Crippen molar-refractivity contribution in [1.82, 2.24) is 15.3 Å². The molecule has 0 saturated heterocycles. The van der Waals surface area contributed by atoms with Crippen molar-refractivity contribution < 1.29 is 4.79 Å². The SMILES string of the molecule is CC(NC(=O)CCCSc1nc2ccccc2[nH]1)C12CC3CC(CC(C3)C1)C2. The predicted octanol–water partition coefficient (Wildman–Crippen LogP) is 5.16. The molecule has 1 unspecified atom stereocenters. The Morgan fingerprint density at radius 2 is 1.89 bits per heavy atom. The summed E-state index contributed by atoms with van der Waals surface area (Å²) in [5.41, 5.74) is 2.48. The van der Waals surface area contributed by atoms with Gasteiger partial charge in [0.05, 0.1) is 11.0 Å². The summed E-state index contributed by atoms with van der Waals surface area (Å²) in [6.45, 7) is 2.27. The van der Waals surface area contributed by atoms with Crippen molar-refractivity contribution in [3.05, 3.63) is 24.3 Å². The Kier molecular flexibility index (Phi) is 4.90. The van der Waals surface area contributed by atoms with Crippen molar-refractivity contribution >= 4 is 28.7 Å². The molecule has 5 heteroatoms. The van der Waals surface area contributed by atoms with E-state index in [4.69, 9.17) is 0 Å². The lowest BCUT2D eigenvalue weighted by molar-refractivity contribution is -0.125. The number of aromatic nitrogens is 2. The molecule has 2 aromatic rings. The van der Waals surface area contributed by atoms with Gasteiger partial charge in [0, 0.05) is 18.2 Å². The zero-order chi connectivity index (χ0) is 19.1. The molecule has 4 aliphatic rings. The average molecular weight is 398 g/mol. The van der Waals surface area contributed by atoms with Crippen LogP contribution in [0, 0.1) is 23.2 Å². The van der Waals surface area contributed by atoms with E-state index in [1.165, 1.54) is 38.5 Å². The van der Waals surface area contributed by atoms with Gasteiger partial charge < -0.3 is 10.3 Å². The maximum absolute atomic E-state index is 12.6. The Hall–Kier alpha value is -1.49. The average Bonchev–Trinajstić information content (AvgIpc) is 3.07. The fourth-order valence-corrected chi connectivity index (χ4v) is 7.40. The van der Waals surface area contributed by atoms with E-state index in [0.717, 1.165) is 46.1 Å². The smallest absolute Gasteiger partial charge is 0.220 e. The fraction of sp³-hybridized carbons (Fsp3) is 0.652. The highest BCUT2D eigenvalue weighted by Crippen LogP contribution is 2.61. The Labute approximate surface area is 171 Å². The molecular formula is C23H31N3OS. The van der Waals surface area contributed by atoms with Crippen molar-refractivity contribution in [2.75, 3.05) is 5.75 Å². The number of hydrogen-bond acceptors (Lipinski definition) is 3.